The first kappa shape index (κ1) is 16.8. The molecule has 4 heteroatoms. The molecule has 0 fully saturated rings. The highest BCUT2D eigenvalue weighted by atomic mass is 16.5. The Labute approximate surface area is 137 Å². The van der Waals surface area contributed by atoms with Crippen molar-refractivity contribution in [1.29, 1.82) is 10.5 Å². The van der Waals surface area contributed by atoms with Crippen molar-refractivity contribution in [3.63, 3.8) is 0 Å². The Kier molecular flexibility index (Phi) is 5.55. The Morgan fingerprint density at radius 2 is 1.87 bits per heavy atom. The van der Waals surface area contributed by atoms with E-state index in [-0.39, 0.29) is 5.92 Å². The molecule has 1 aliphatic heterocycles. The van der Waals surface area contributed by atoms with Crippen LogP contribution in [-0.4, -0.2) is 12.3 Å². The first-order valence-corrected chi connectivity index (χ1v) is 7.90. The lowest BCUT2D eigenvalue weighted by Gasteiger charge is -2.26. The van der Waals surface area contributed by atoms with E-state index in [0.717, 1.165) is 29.9 Å². The lowest BCUT2D eigenvalue weighted by Crippen LogP contribution is -2.24. The summed E-state index contributed by atoms with van der Waals surface area (Å²) in [5.74, 6) is 0.156. The minimum absolute atomic E-state index is 0.257. The van der Waals surface area contributed by atoms with Crippen molar-refractivity contribution in [3.8, 4) is 17.9 Å². The van der Waals surface area contributed by atoms with E-state index in [2.05, 4.69) is 24.1 Å². The van der Waals surface area contributed by atoms with E-state index in [9.17, 15) is 10.5 Å². The second-order valence-corrected chi connectivity index (χ2v) is 5.72. The molecule has 1 aliphatic rings. The normalized spacial score (nSPS) is 20.5. The molecule has 2 atom stereocenters. The predicted molar refractivity (Wildman–Crippen MR) is 90.1 cm³/mol. The summed E-state index contributed by atoms with van der Waals surface area (Å²) in [6, 6.07) is 12.2. The van der Waals surface area contributed by atoms with Gasteiger partial charge in [0.1, 0.15) is 5.75 Å². The van der Waals surface area contributed by atoms with Crippen molar-refractivity contribution in [3.05, 3.63) is 41.1 Å². The van der Waals surface area contributed by atoms with E-state index in [0.29, 0.717) is 17.9 Å². The van der Waals surface area contributed by atoms with E-state index >= 15 is 0 Å². The molecule has 0 saturated heterocycles. The largest absolute Gasteiger partial charge is 0.494 e. The number of rotatable bonds is 5. The molecule has 0 bridgehead atoms. The number of nitriles is 2. The summed E-state index contributed by atoms with van der Waals surface area (Å²) >= 11 is 0. The standard InChI is InChI=1S/C19H21N3O/c1-4-5-10-23-16-8-6-15(7-9-16)19-17(11-20)13(2)22-14(3)18(19)12-21/h6-9,17,19H,4-5,10H2,1-3H3/t17?,19-/m1/s1. The molecule has 0 N–H and O–H groups in total. The van der Waals surface area contributed by atoms with Crippen molar-refractivity contribution in [2.75, 3.05) is 6.61 Å². The molecule has 1 heterocycles. The van der Waals surface area contributed by atoms with Gasteiger partial charge in [0.2, 0.25) is 0 Å². The molecule has 0 spiro atoms. The van der Waals surface area contributed by atoms with E-state index in [1.807, 2.05) is 38.1 Å². The van der Waals surface area contributed by atoms with Gasteiger partial charge in [-0.2, -0.15) is 10.5 Å². The van der Waals surface area contributed by atoms with Crippen LogP contribution in [0.15, 0.2) is 40.5 Å². The molecule has 2 rings (SSSR count). The Balaban J connectivity index is 2.30. The average molecular weight is 307 g/mol. The number of hydrogen-bond acceptors (Lipinski definition) is 4. The first-order valence-electron chi connectivity index (χ1n) is 7.90. The van der Waals surface area contributed by atoms with Crippen LogP contribution >= 0.6 is 0 Å². The fourth-order valence-corrected chi connectivity index (χ4v) is 2.81. The zero-order chi connectivity index (χ0) is 16.8. The number of aliphatic imine (C=N–C) groups is 1. The van der Waals surface area contributed by atoms with Gasteiger partial charge in [-0.25, -0.2) is 0 Å². The van der Waals surface area contributed by atoms with E-state index in [1.54, 1.807) is 0 Å². The molecular formula is C19H21N3O. The third kappa shape index (κ3) is 3.60. The molecule has 23 heavy (non-hydrogen) atoms. The highest BCUT2D eigenvalue weighted by Gasteiger charge is 2.33. The van der Waals surface area contributed by atoms with Crippen molar-refractivity contribution >= 4 is 5.71 Å². The van der Waals surface area contributed by atoms with Gasteiger partial charge in [0.25, 0.3) is 0 Å². The molecule has 0 aliphatic carbocycles. The Bertz CT molecular complexity index is 702. The van der Waals surface area contributed by atoms with E-state index in [1.165, 1.54) is 0 Å². The number of nitrogens with zero attached hydrogens (tertiary/aromatic N) is 3. The van der Waals surface area contributed by atoms with E-state index in [4.69, 9.17) is 4.74 Å². The number of allylic oxidation sites excluding steroid dienone is 2. The highest BCUT2D eigenvalue weighted by molar-refractivity contribution is 5.90. The number of benzene rings is 1. The molecule has 1 aromatic rings. The highest BCUT2D eigenvalue weighted by Crippen LogP contribution is 2.38. The second kappa shape index (κ2) is 7.61. The summed E-state index contributed by atoms with van der Waals surface area (Å²) in [6.07, 6.45) is 2.12. The van der Waals surface area contributed by atoms with Gasteiger partial charge in [0.05, 0.1) is 35.9 Å². The van der Waals surface area contributed by atoms with Gasteiger partial charge < -0.3 is 4.74 Å². The van der Waals surface area contributed by atoms with Crippen LogP contribution in [0.2, 0.25) is 0 Å². The minimum atomic E-state index is -0.403. The van der Waals surface area contributed by atoms with Crippen LogP contribution in [0, 0.1) is 28.6 Å². The second-order valence-electron chi connectivity index (χ2n) is 5.72. The fourth-order valence-electron chi connectivity index (χ4n) is 2.81. The fraction of sp³-hybridized carbons (Fsp3) is 0.421. The maximum atomic E-state index is 9.50. The molecule has 0 radical (unpaired) electrons. The molecule has 0 aromatic heterocycles. The number of unbranched alkanes of at least 4 members (excludes halogenated alkanes) is 1. The monoisotopic (exact) mass is 307 g/mol. The Morgan fingerprint density at radius 3 is 2.43 bits per heavy atom. The third-order valence-corrected chi connectivity index (χ3v) is 4.09. The zero-order valence-electron chi connectivity index (χ0n) is 13.8. The summed E-state index contributed by atoms with van der Waals surface area (Å²) in [5.41, 5.74) is 2.98. The SMILES string of the molecule is CCCCOc1ccc([C@H]2C(C#N)=C(C)N=C(C)C2C#N)cc1. The van der Waals surface area contributed by atoms with Crippen LogP contribution in [-0.2, 0) is 0 Å². The van der Waals surface area contributed by atoms with Crippen molar-refractivity contribution in [2.45, 2.75) is 39.5 Å². The molecule has 4 nitrogen and oxygen atoms in total. The average Bonchev–Trinajstić information content (AvgIpc) is 2.55. The van der Waals surface area contributed by atoms with Crippen molar-refractivity contribution in [1.82, 2.24) is 0 Å². The van der Waals surface area contributed by atoms with Crippen molar-refractivity contribution in [2.24, 2.45) is 10.9 Å². The minimum Gasteiger partial charge on any atom is -0.494 e. The molecule has 118 valence electrons. The maximum absolute atomic E-state index is 9.50. The predicted octanol–water partition coefficient (Wildman–Crippen LogP) is 4.36. The summed E-state index contributed by atoms with van der Waals surface area (Å²) in [4.78, 5) is 4.36. The van der Waals surface area contributed by atoms with Gasteiger partial charge in [-0.05, 0) is 38.0 Å². The van der Waals surface area contributed by atoms with Gasteiger partial charge in [-0.3, -0.25) is 4.99 Å². The van der Waals surface area contributed by atoms with Gasteiger partial charge in [0, 0.05) is 11.6 Å². The molecule has 0 saturated carbocycles. The quantitative estimate of drug-likeness (QED) is 0.759. The van der Waals surface area contributed by atoms with Crippen LogP contribution in [0.4, 0.5) is 0 Å². The topological polar surface area (TPSA) is 69.2 Å². The van der Waals surface area contributed by atoms with Crippen LogP contribution in [0.1, 0.15) is 45.1 Å². The van der Waals surface area contributed by atoms with Crippen LogP contribution < -0.4 is 4.74 Å². The van der Waals surface area contributed by atoms with Crippen molar-refractivity contribution < 1.29 is 4.74 Å². The van der Waals surface area contributed by atoms with Gasteiger partial charge in [-0.15, -0.1) is 0 Å². The van der Waals surface area contributed by atoms with Gasteiger partial charge in [0.15, 0.2) is 0 Å². The lowest BCUT2D eigenvalue weighted by atomic mass is 9.77. The van der Waals surface area contributed by atoms with Gasteiger partial charge in [-0.1, -0.05) is 25.5 Å². The molecule has 0 amide bonds. The number of ether oxygens (including phenoxy) is 1. The molecule has 1 aromatic carbocycles. The van der Waals surface area contributed by atoms with Crippen LogP contribution in [0.25, 0.3) is 0 Å². The lowest BCUT2D eigenvalue weighted by molar-refractivity contribution is 0.309. The van der Waals surface area contributed by atoms with E-state index < -0.39 is 5.92 Å². The third-order valence-electron chi connectivity index (χ3n) is 4.09. The Morgan fingerprint density at radius 1 is 1.17 bits per heavy atom. The maximum Gasteiger partial charge on any atom is 0.119 e. The smallest absolute Gasteiger partial charge is 0.119 e. The first-order chi connectivity index (χ1) is 11.1. The summed E-state index contributed by atoms with van der Waals surface area (Å²) in [7, 11) is 0. The zero-order valence-corrected chi connectivity index (χ0v) is 13.8. The summed E-state index contributed by atoms with van der Waals surface area (Å²) in [5, 5.41) is 19.0. The number of hydrogen-bond donors (Lipinski definition) is 0. The van der Waals surface area contributed by atoms with Crippen LogP contribution in [0.5, 0.6) is 5.75 Å². The summed E-state index contributed by atoms with van der Waals surface area (Å²) < 4.78 is 5.67. The Hall–Kier alpha value is -2.59. The molecular weight excluding hydrogens is 286 g/mol. The summed E-state index contributed by atoms with van der Waals surface area (Å²) in [6.45, 7) is 6.50. The van der Waals surface area contributed by atoms with Crippen LogP contribution in [0.3, 0.4) is 0 Å². The molecule has 1 unspecified atom stereocenters. The van der Waals surface area contributed by atoms with Gasteiger partial charge >= 0.3 is 0 Å².